The SMILES string of the molecule is CC(C)(C)OC(=O)Nc1ccc2c(c1)N(S(=O)(=O)c1cccc(C(F)(F)F)c1)C[C@H](CC(=O)NOCc1cccnc1)O2. The molecule has 15 heteroatoms. The summed E-state index contributed by atoms with van der Waals surface area (Å²) in [7, 11) is -4.61. The average molecular weight is 623 g/mol. The van der Waals surface area contributed by atoms with Crippen LogP contribution in [0.4, 0.5) is 29.3 Å². The van der Waals surface area contributed by atoms with E-state index in [-0.39, 0.29) is 30.2 Å². The number of fused-ring (bicyclic) bond motifs is 1. The van der Waals surface area contributed by atoms with Gasteiger partial charge in [-0.25, -0.2) is 18.7 Å². The summed E-state index contributed by atoms with van der Waals surface area (Å²) in [4.78, 5) is 33.4. The number of amides is 2. The van der Waals surface area contributed by atoms with Crippen LogP contribution < -0.4 is 19.8 Å². The Morgan fingerprint density at radius 1 is 1.09 bits per heavy atom. The molecule has 0 bridgehead atoms. The van der Waals surface area contributed by atoms with Crippen molar-refractivity contribution in [1.82, 2.24) is 10.5 Å². The number of carbonyl (C=O) groups is 2. The first kappa shape index (κ1) is 31.6. The molecule has 11 nitrogen and oxygen atoms in total. The van der Waals surface area contributed by atoms with Crippen molar-refractivity contribution < 1.29 is 45.5 Å². The number of hydrogen-bond acceptors (Lipinski definition) is 8. The van der Waals surface area contributed by atoms with Gasteiger partial charge in [0, 0.05) is 18.1 Å². The number of aromatic nitrogens is 1. The summed E-state index contributed by atoms with van der Waals surface area (Å²) in [6.07, 6.45) is -3.85. The van der Waals surface area contributed by atoms with Gasteiger partial charge in [-0.3, -0.25) is 24.2 Å². The molecular weight excluding hydrogens is 593 g/mol. The average Bonchev–Trinajstić information content (AvgIpc) is 2.92. The van der Waals surface area contributed by atoms with E-state index in [9.17, 15) is 31.2 Å². The highest BCUT2D eigenvalue weighted by Crippen LogP contribution is 2.40. The Morgan fingerprint density at radius 2 is 1.86 bits per heavy atom. The molecule has 230 valence electrons. The third-order valence-electron chi connectivity index (χ3n) is 5.85. The molecule has 2 amide bonds. The number of anilines is 2. The van der Waals surface area contributed by atoms with Gasteiger partial charge in [0.05, 0.1) is 29.1 Å². The largest absolute Gasteiger partial charge is 0.486 e. The molecule has 0 aliphatic carbocycles. The highest BCUT2D eigenvalue weighted by atomic mass is 32.2. The molecule has 4 rings (SSSR count). The van der Waals surface area contributed by atoms with Crippen LogP contribution in [0.2, 0.25) is 0 Å². The first-order chi connectivity index (χ1) is 20.1. The Labute approximate surface area is 246 Å². The Kier molecular flexibility index (Phi) is 9.15. The van der Waals surface area contributed by atoms with Crippen molar-refractivity contribution in [3.63, 3.8) is 0 Å². The molecule has 0 radical (unpaired) electrons. The third kappa shape index (κ3) is 8.35. The highest BCUT2D eigenvalue weighted by Gasteiger charge is 2.38. The summed E-state index contributed by atoms with van der Waals surface area (Å²) in [5, 5.41) is 2.50. The lowest BCUT2D eigenvalue weighted by molar-refractivity contribution is -0.138. The molecule has 1 aliphatic rings. The molecule has 2 heterocycles. The summed E-state index contributed by atoms with van der Waals surface area (Å²) < 4.78 is 79.7. The van der Waals surface area contributed by atoms with Gasteiger partial charge in [0.15, 0.2) is 0 Å². The summed E-state index contributed by atoms with van der Waals surface area (Å²) >= 11 is 0. The third-order valence-corrected chi connectivity index (χ3v) is 7.62. The fourth-order valence-corrected chi connectivity index (χ4v) is 5.58. The number of benzene rings is 2. The van der Waals surface area contributed by atoms with Crippen LogP contribution in [-0.2, 0) is 37.2 Å². The lowest BCUT2D eigenvalue weighted by atomic mass is 10.1. The normalized spacial score (nSPS) is 15.2. The van der Waals surface area contributed by atoms with Gasteiger partial charge in [-0.2, -0.15) is 13.2 Å². The monoisotopic (exact) mass is 622 g/mol. The standard InChI is InChI=1S/C28H29F3N4O7S/c1-27(2,3)42-26(37)33-20-9-10-24-23(13-20)35(43(38,39)22-8-4-7-19(12-22)28(29,30)31)16-21(41-24)14-25(36)34-40-17-18-6-5-11-32-15-18/h4-13,15,21H,14,16-17H2,1-3H3,(H,33,37)(H,34,36)/t21-/m0/s1. The molecule has 0 spiro atoms. The smallest absolute Gasteiger partial charge is 0.416 e. The number of sulfonamides is 1. The number of nitrogens with zero attached hydrogens (tertiary/aromatic N) is 2. The number of nitrogens with one attached hydrogen (secondary N) is 2. The van der Waals surface area contributed by atoms with E-state index in [0.29, 0.717) is 11.6 Å². The lowest BCUT2D eigenvalue weighted by Gasteiger charge is -2.35. The van der Waals surface area contributed by atoms with Gasteiger partial charge in [0.1, 0.15) is 24.1 Å². The van der Waals surface area contributed by atoms with Crippen LogP contribution in [0.1, 0.15) is 38.3 Å². The number of pyridine rings is 1. The molecule has 0 unspecified atom stereocenters. The number of alkyl halides is 3. The van der Waals surface area contributed by atoms with Crippen LogP contribution in [0.3, 0.4) is 0 Å². The van der Waals surface area contributed by atoms with Crippen molar-refractivity contribution in [1.29, 1.82) is 0 Å². The first-order valence-corrected chi connectivity index (χ1v) is 14.4. The summed E-state index contributed by atoms with van der Waals surface area (Å²) in [6, 6.07) is 10.8. The number of rotatable bonds is 8. The van der Waals surface area contributed by atoms with E-state index in [0.717, 1.165) is 22.5 Å². The maximum absolute atomic E-state index is 13.8. The Morgan fingerprint density at radius 3 is 2.53 bits per heavy atom. The van der Waals surface area contributed by atoms with Crippen LogP contribution in [0.25, 0.3) is 0 Å². The minimum Gasteiger partial charge on any atom is -0.486 e. The number of ether oxygens (including phenoxy) is 2. The maximum Gasteiger partial charge on any atom is 0.416 e. The van der Waals surface area contributed by atoms with Crippen LogP contribution in [-0.4, -0.2) is 43.7 Å². The zero-order chi connectivity index (χ0) is 31.4. The van der Waals surface area contributed by atoms with E-state index in [1.807, 2.05) is 0 Å². The second-order valence-corrected chi connectivity index (χ2v) is 12.4. The second kappa shape index (κ2) is 12.5. The molecular formula is C28H29F3N4O7S. The van der Waals surface area contributed by atoms with E-state index in [4.69, 9.17) is 14.3 Å². The van der Waals surface area contributed by atoms with Gasteiger partial charge in [-0.05, 0) is 68.8 Å². The van der Waals surface area contributed by atoms with Gasteiger partial charge in [-0.1, -0.05) is 12.1 Å². The molecule has 2 aromatic carbocycles. The van der Waals surface area contributed by atoms with Gasteiger partial charge < -0.3 is 9.47 Å². The molecule has 1 aliphatic heterocycles. The van der Waals surface area contributed by atoms with Gasteiger partial charge >= 0.3 is 12.3 Å². The number of hydroxylamine groups is 1. The number of hydrogen-bond donors (Lipinski definition) is 2. The van der Waals surface area contributed by atoms with Crippen LogP contribution in [0.5, 0.6) is 5.75 Å². The fraction of sp³-hybridized carbons (Fsp3) is 0.321. The highest BCUT2D eigenvalue weighted by molar-refractivity contribution is 7.92. The maximum atomic E-state index is 13.8. The van der Waals surface area contributed by atoms with Crippen molar-refractivity contribution in [2.45, 2.75) is 56.6 Å². The van der Waals surface area contributed by atoms with Crippen LogP contribution in [0.15, 0.2) is 71.9 Å². The van der Waals surface area contributed by atoms with Crippen LogP contribution >= 0.6 is 0 Å². The second-order valence-electron chi connectivity index (χ2n) is 10.5. The molecule has 43 heavy (non-hydrogen) atoms. The van der Waals surface area contributed by atoms with Crippen molar-refractivity contribution in [3.8, 4) is 5.75 Å². The molecule has 0 saturated carbocycles. The molecule has 1 aromatic heterocycles. The molecule has 1 atom stereocenters. The van der Waals surface area contributed by atoms with Gasteiger partial charge in [0.25, 0.3) is 10.0 Å². The Bertz CT molecular complexity index is 1580. The number of halogens is 3. The minimum atomic E-state index is -4.78. The van der Waals surface area contributed by atoms with E-state index in [2.05, 4.69) is 15.8 Å². The van der Waals surface area contributed by atoms with E-state index in [1.165, 1.54) is 18.2 Å². The van der Waals surface area contributed by atoms with Crippen molar-refractivity contribution in [3.05, 3.63) is 78.1 Å². The Balaban J connectivity index is 1.60. The summed E-state index contributed by atoms with van der Waals surface area (Å²) in [6.45, 7) is 4.58. The topological polar surface area (TPSA) is 136 Å². The molecule has 2 N–H and O–H groups in total. The molecule has 0 saturated heterocycles. The number of carbonyl (C=O) groups excluding carboxylic acids is 2. The van der Waals surface area contributed by atoms with Crippen molar-refractivity contribution in [2.75, 3.05) is 16.2 Å². The molecule has 0 fully saturated rings. The van der Waals surface area contributed by atoms with Crippen molar-refractivity contribution in [2.24, 2.45) is 0 Å². The molecule has 3 aromatic rings. The van der Waals surface area contributed by atoms with E-state index < -0.39 is 56.9 Å². The van der Waals surface area contributed by atoms with Crippen molar-refractivity contribution >= 4 is 33.4 Å². The fourth-order valence-electron chi connectivity index (χ4n) is 4.04. The van der Waals surface area contributed by atoms with E-state index in [1.54, 1.807) is 45.3 Å². The Hall–Kier alpha value is -4.37. The predicted octanol–water partition coefficient (Wildman–Crippen LogP) is 5.04. The van der Waals surface area contributed by atoms with Gasteiger partial charge in [-0.15, -0.1) is 0 Å². The predicted molar refractivity (Wildman–Crippen MR) is 148 cm³/mol. The van der Waals surface area contributed by atoms with Crippen LogP contribution in [0, 0.1) is 0 Å². The zero-order valence-corrected chi connectivity index (χ0v) is 24.2. The van der Waals surface area contributed by atoms with E-state index >= 15 is 0 Å². The first-order valence-electron chi connectivity index (χ1n) is 12.9. The zero-order valence-electron chi connectivity index (χ0n) is 23.3. The summed E-state index contributed by atoms with van der Waals surface area (Å²) in [5.41, 5.74) is 1.08. The lowest BCUT2D eigenvalue weighted by Crippen LogP contribution is -2.45. The summed E-state index contributed by atoms with van der Waals surface area (Å²) in [5.74, 6) is -0.609. The quantitative estimate of drug-likeness (QED) is 0.334. The van der Waals surface area contributed by atoms with Gasteiger partial charge in [0.2, 0.25) is 5.91 Å². The minimum absolute atomic E-state index is 0.0191.